The molecule has 1 unspecified atom stereocenters. The van der Waals surface area contributed by atoms with Gasteiger partial charge in [0.15, 0.2) is 0 Å². The van der Waals surface area contributed by atoms with E-state index in [1.165, 1.54) is 24.3 Å². The van der Waals surface area contributed by atoms with Gasteiger partial charge in [0.1, 0.15) is 6.04 Å². The Kier molecular flexibility index (Phi) is 7.08. The second kappa shape index (κ2) is 9.29. The summed E-state index contributed by atoms with van der Waals surface area (Å²) < 4.78 is 0. The van der Waals surface area contributed by atoms with Gasteiger partial charge >= 0.3 is 0 Å². The molecule has 1 saturated heterocycles. The molecule has 9 heteroatoms. The van der Waals surface area contributed by atoms with Crippen molar-refractivity contribution in [2.24, 2.45) is 5.92 Å². The fraction of sp³-hybridized carbons (Fsp3) is 0.526. The van der Waals surface area contributed by atoms with Gasteiger partial charge in [-0.3, -0.25) is 24.5 Å². The highest BCUT2D eigenvalue weighted by Gasteiger charge is 2.26. The summed E-state index contributed by atoms with van der Waals surface area (Å²) in [5.41, 5.74) is -0.0678. The lowest BCUT2D eigenvalue weighted by molar-refractivity contribution is -0.384. The molecule has 0 spiro atoms. The molecule has 1 fully saturated rings. The Bertz CT molecular complexity index is 756. The maximum absolute atomic E-state index is 12.4. The topological polar surface area (TPSA) is 122 Å². The Morgan fingerprint density at radius 1 is 1.18 bits per heavy atom. The molecule has 2 rings (SSSR count). The molecule has 28 heavy (non-hydrogen) atoms. The van der Waals surface area contributed by atoms with Gasteiger partial charge < -0.3 is 15.5 Å². The van der Waals surface area contributed by atoms with Crippen molar-refractivity contribution in [1.29, 1.82) is 0 Å². The molecule has 9 nitrogen and oxygen atoms in total. The lowest BCUT2D eigenvalue weighted by atomic mass is 10.0. The number of piperidine rings is 1. The molecule has 1 aromatic rings. The number of nitro groups is 1. The normalized spacial score (nSPS) is 15.8. The van der Waals surface area contributed by atoms with E-state index < -0.39 is 16.9 Å². The van der Waals surface area contributed by atoms with Crippen molar-refractivity contribution in [3.05, 3.63) is 39.9 Å². The van der Waals surface area contributed by atoms with Crippen LogP contribution in [0.2, 0.25) is 0 Å². The molecule has 152 valence electrons. The van der Waals surface area contributed by atoms with E-state index in [0.29, 0.717) is 25.9 Å². The predicted molar refractivity (Wildman–Crippen MR) is 103 cm³/mol. The van der Waals surface area contributed by atoms with Gasteiger partial charge in [-0.25, -0.2) is 0 Å². The Balaban J connectivity index is 1.85. The van der Waals surface area contributed by atoms with Gasteiger partial charge in [0.25, 0.3) is 11.6 Å². The highest BCUT2D eigenvalue weighted by Crippen LogP contribution is 2.14. The zero-order valence-corrected chi connectivity index (χ0v) is 16.3. The van der Waals surface area contributed by atoms with Crippen LogP contribution in [0, 0.1) is 16.0 Å². The van der Waals surface area contributed by atoms with Crippen LogP contribution in [-0.2, 0) is 9.59 Å². The van der Waals surface area contributed by atoms with Crippen molar-refractivity contribution in [2.75, 3.05) is 13.1 Å². The van der Waals surface area contributed by atoms with E-state index in [1.807, 2.05) is 13.8 Å². The molecule has 0 aromatic heterocycles. The molecule has 1 atom stereocenters. The molecule has 1 heterocycles. The van der Waals surface area contributed by atoms with Crippen LogP contribution >= 0.6 is 0 Å². The maximum atomic E-state index is 12.4. The number of nitro benzene ring substituents is 1. The van der Waals surface area contributed by atoms with Crippen molar-refractivity contribution >= 4 is 23.4 Å². The van der Waals surface area contributed by atoms with Gasteiger partial charge in [-0.1, -0.05) is 19.9 Å². The number of carbonyl (C=O) groups excluding carboxylic acids is 3. The summed E-state index contributed by atoms with van der Waals surface area (Å²) in [5, 5.41) is 16.3. The van der Waals surface area contributed by atoms with Crippen LogP contribution in [0.15, 0.2) is 24.3 Å². The van der Waals surface area contributed by atoms with Crippen molar-refractivity contribution in [1.82, 2.24) is 15.5 Å². The molecule has 0 aliphatic carbocycles. The average Bonchev–Trinajstić information content (AvgIpc) is 2.67. The van der Waals surface area contributed by atoms with Gasteiger partial charge in [0.05, 0.1) is 4.92 Å². The molecule has 1 aliphatic heterocycles. The Morgan fingerprint density at radius 2 is 1.82 bits per heavy atom. The monoisotopic (exact) mass is 390 g/mol. The van der Waals surface area contributed by atoms with Crippen LogP contribution in [0.25, 0.3) is 0 Å². The minimum absolute atomic E-state index is 0.0461. The van der Waals surface area contributed by atoms with E-state index >= 15 is 0 Å². The summed E-state index contributed by atoms with van der Waals surface area (Å²) in [6.07, 6.45) is 1.32. The van der Waals surface area contributed by atoms with Crippen molar-refractivity contribution in [3.8, 4) is 0 Å². The number of hydrogen-bond donors (Lipinski definition) is 2. The summed E-state index contributed by atoms with van der Waals surface area (Å²) in [7, 11) is 0. The number of amides is 3. The molecule has 1 aromatic carbocycles. The lowest BCUT2D eigenvalue weighted by Gasteiger charge is -2.33. The third-order valence-electron chi connectivity index (χ3n) is 4.71. The van der Waals surface area contributed by atoms with Crippen molar-refractivity contribution < 1.29 is 19.3 Å². The molecule has 0 radical (unpaired) electrons. The number of nitrogens with zero attached hydrogens (tertiary/aromatic N) is 2. The highest BCUT2D eigenvalue weighted by molar-refractivity contribution is 5.97. The molecular formula is C19H26N4O5. The van der Waals surface area contributed by atoms with Gasteiger partial charge in [-0.15, -0.1) is 0 Å². The molecular weight excluding hydrogens is 364 g/mol. The molecule has 3 amide bonds. The van der Waals surface area contributed by atoms with E-state index in [4.69, 9.17) is 0 Å². The number of carbonyl (C=O) groups is 3. The lowest BCUT2D eigenvalue weighted by Crippen LogP contribution is -2.52. The van der Waals surface area contributed by atoms with Gasteiger partial charge in [0.2, 0.25) is 11.8 Å². The average molecular weight is 390 g/mol. The predicted octanol–water partition coefficient (Wildman–Crippen LogP) is 1.48. The fourth-order valence-corrected chi connectivity index (χ4v) is 3.04. The first-order chi connectivity index (χ1) is 13.2. The molecule has 0 bridgehead atoms. The maximum Gasteiger partial charge on any atom is 0.270 e. The van der Waals surface area contributed by atoms with Gasteiger partial charge in [0, 0.05) is 42.7 Å². The second-order valence-electron chi connectivity index (χ2n) is 7.27. The van der Waals surface area contributed by atoms with Gasteiger partial charge in [-0.05, 0) is 25.8 Å². The van der Waals surface area contributed by atoms with Crippen LogP contribution in [0.1, 0.15) is 44.0 Å². The van der Waals surface area contributed by atoms with Crippen LogP contribution in [0.5, 0.6) is 0 Å². The number of non-ortho nitro benzene ring substituents is 1. The van der Waals surface area contributed by atoms with Crippen LogP contribution in [0.4, 0.5) is 5.69 Å². The summed E-state index contributed by atoms with van der Waals surface area (Å²) in [6, 6.07) is 4.49. The highest BCUT2D eigenvalue weighted by atomic mass is 16.6. The zero-order valence-electron chi connectivity index (χ0n) is 16.3. The number of rotatable bonds is 6. The minimum Gasteiger partial charge on any atom is -0.351 e. The van der Waals surface area contributed by atoms with E-state index in [1.54, 1.807) is 11.8 Å². The molecule has 2 N–H and O–H groups in total. The third-order valence-corrected chi connectivity index (χ3v) is 4.71. The SMILES string of the molecule is CC(C)C(=O)N1CCC(NC(=O)C(C)NC(=O)c2cccc([N+](=O)[O-])c2)CC1. The Hall–Kier alpha value is -2.97. The van der Waals surface area contributed by atoms with E-state index in [-0.39, 0.29) is 35.0 Å². The quantitative estimate of drug-likeness (QED) is 0.563. The Morgan fingerprint density at radius 3 is 2.39 bits per heavy atom. The first-order valence-corrected chi connectivity index (χ1v) is 9.33. The smallest absolute Gasteiger partial charge is 0.270 e. The third kappa shape index (κ3) is 5.51. The first kappa shape index (κ1) is 21.3. The van der Waals surface area contributed by atoms with Crippen molar-refractivity contribution in [3.63, 3.8) is 0 Å². The van der Waals surface area contributed by atoms with Gasteiger partial charge in [-0.2, -0.15) is 0 Å². The van der Waals surface area contributed by atoms with Crippen molar-refractivity contribution in [2.45, 2.75) is 45.7 Å². The largest absolute Gasteiger partial charge is 0.351 e. The first-order valence-electron chi connectivity index (χ1n) is 9.33. The Labute approximate surface area is 163 Å². The summed E-state index contributed by atoms with van der Waals surface area (Å²) in [4.78, 5) is 48.7. The molecule has 1 aliphatic rings. The van der Waals surface area contributed by atoms with E-state index in [0.717, 1.165) is 0 Å². The molecule has 0 saturated carbocycles. The zero-order chi connectivity index (χ0) is 20.8. The standard InChI is InChI=1S/C19H26N4O5/c1-12(2)19(26)22-9-7-15(8-10-22)21-17(24)13(3)20-18(25)14-5-4-6-16(11-14)23(27)28/h4-6,11-13,15H,7-10H2,1-3H3,(H,20,25)(H,21,24). The summed E-state index contributed by atoms with van der Waals surface area (Å²) >= 11 is 0. The fourth-order valence-electron chi connectivity index (χ4n) is 3.04. The number of benzene rings is 1. The van der Waals surface area contributed by atoms with Crippen LogP contribution in [0.3, 0.4) is 0 Å². The van der Waals surface area contributed by atoms with Crippen LogP contribution in [-0.4, -0.2) is 52.7 Å². The van der Waals surface area contributed by atoms with E-state index in [2.05, 4.69) is 10.6 Å². The van der Waals surface area contributed by atoms with Crippen LogP contribution < -0.4 is 10.6 Å². The minimum atomic E-state index is -0.790. The number of hydrogen-bond acceptors (Lipinski definition) is 5. The van der Waals surface area contributed by atoms with E-state index in [9.17, 15) is 24.5 Å². The second-order valence-corrected chi connectivity index (χ2v) is 7.27. The summed E-state index contributed by atoms with van der Waals surface area (Å²) in [6.45, 7) is 6.47. The summed E-state index contributed by atoms with van der Waals surface area (Å²) in [5.74, 6) is -0.811. The number of likely N-dealkylation sites (tertiary alicyclic amines) is 1. The number of nitrogens with one attached hydrogen (secondary N) is 2.